The molecular weight excluding hydrogens is 276 g/mol. The lowest BCUT2D eigenvalue weighted by molar-refractivity contribution is 0.0658. The van der Waals surface area contributed by atoms with E-state index in [0.29, 0.717) is 15.2 Å². The van der Waals surface area contributed by atoms with Crippen LogP contribution in [0.3, 0.4) is 0 Å². The number of carboxylic acid groups (broad SMARTS) is 1. The zero-order valence-corrected chi connectivity index (χ0v) is 9.87. The Morgan fingerprint density at radius 3 is 2.62 bits per heavy atom. The van der Waals surface area contributed by atoms with Crippen LogP contribution in [0.1, 0.15) is 16.1 Å². The van der Waals surface area contributed by atoms with Gasteiger partial charge in [-0.25, -0.2) is 9.59 Å². The average molecular weight is 283 g/mol. The van der Waals surface area contributed by atoms with Crippen molar-refractivity contribution in [3.63, 3.8) is 0 Å². The molecule has 0 aliphatic carbocycles. The van der Waals surface area contributed by atoms with Crippen molar-refractivity contribution in [1.29, 1.82) is 0 Å². The summed E-state index contributed by atoms with van der Waals surface area (Å²) >= 11 is 3.29. The van der Waals surface area contributed by atoms with Crippen LogP contribution in [0, 0.1) is 6.92 Å². The first kappa shape index (κ1) is 10.9. The second kappa shape index (κ2) is 3.75. The predicted octanol–water partition coefficient (Wildman–Crippen LogP) is 2.56. The third kappa shape index (κ3) is 1.74. The average Bonchev–Trinajstić information content (AvgIpc) is 2.19. The largest absolute Gasteiger partial charge is 0.475 e. The molecule has 0 atom stereocenters. The lowest BCUT2D eigenvalue weighted by atomic mass is 10.1. The van der Waals surface area contributed by atoms with Crippen molar-refractivity contribution in [2.75, 3.05) is 0 Å². The molecule has 1 aromatic heterocycles. The van der Waals surface area contributed by atoms with E-state index in [1.54, 1.807) is 6.07 Å². The monoisotopic (exact) mass is 282 g/mol. The Morgan fingerprint density at radius 2 is 2.00 bits per heavy atom. The van der Waals surface area contributed by atoms with Crippen molar-refractivity contribution >= 4 is 32.7 Å². The Hall–Kier alpha value is -1.62. The van der Waals surface area contributed by atoms with Gasteiger partial charge in [0.1, 0.15) is 0 Å². The van der Waals surface area contributed by atoms with E-state index in [2.05, 4.69) is 20.3 Å². The van der Waals surface area contributed by atoms with Gasteiger partial charge in [-0.1, -0.05) is 15.9 Å². The summed E-state index contributed by atoms with van der Waals surface area (Å²) in [7, 11) is 0. The topological polar surface area (TPSA) is 67.5 Å². The predicted molar refractivity (Wildman–Crippen MR) is 61.9 cm³/mol. The maximum atomic E-state index is 11.6. The van der Waals surface area contributed by atoms with Gasteiger partial charge in [0.2, 0.25) is 5.76 Å². The summed E-state index contributed by atoms with van der Waals surface area (Å²) in [6, 6.07) is 4.81. The number of aromatic carboxylic acids is 1. The fraction of sp³-hybridized carbons (Fsp3) is 0.0909. The highest BCUT2D eigenvalue weighted by atomic mass is 79.9. The smallest absolute Gasteiger partial charge is 0.371 e. The van der Waals surface area contributed by atoms with E-state index < -0.39 is 11.6 Å². The first-order chi connectivity index (χ1) is 7.49. The Labute approximate surface area is 98.6 Å². The maximum Gasteiger partial charge on any atom is 0.371 e. The molecule has 0 fully saturated rings. The summed E-state index contributed by atoms with van der Waals surface area (Å²) in [4.78, 5) is 22.3. The summed E-state index contributed by atoms with van der Waals surface area (Å²) < 4.78 is 5.36. The minimum atomic E-state index is -1.26. The first-order valence-electron chi connectivity index (χ1n) is 4.46. The molecule has 82 valence electrons. The first-order valence-corrected chi connectivity index (χ1v) is 5.25. The van der Waals surface area contributed by atoms with E-state index >= 15 is 0 Å². The van der Waals surface area contributed by atoms with Crippen molar-refractivity contribution in [1.82, 2.24) is 0 Å². The van der Waals surface area contributed by atoms with Crippen molar-refractivity contribution < 1.29 is 14.3 Å². The van der Waals surface area contributed by atoms with Crippen molar-refractivity contribution in [3.05, 3.63) is 44.4 Å². The lowest BCUT2D eigenvalue weighted by Gasteiger charge is -2.02. The summed E-state index contributed by atoms with van der Waals surface area (Å²) in [5.41, 5.74) is 0.258. The van der Waals surface area contributed by atoms with Crippen LogP contribution in [0.4, 0.5) is 0 Å². The molecule has 4 nitrogen and oxygen atoms in total. The Morgan fingerprint density at radius 1 is 1.31 bits per heavy atom. The molecule has 1 N–H and O–H groups in total. The summed E-state index contributed by atoms with van der Waals surface area (Å²) in [6.45, 7) is 1.84. The second-order valence-electron chi connectivity index (χ2n) is 3.41. The quantitative estimate of drug-likeness (QED) is 0.873. The van der Waals surface area contributed by atoms with E-state index in [1.807, 2.05) is 13.0 Å². The fourth-order valence-electron chi connectivity index (χ4n) is 1.49. The highest BCUT2D eigenvalue weighted by Gasteiger charge is 2.12. The highest BCUT2D eigenvalue weighted by Crippen LogP contribution is 2.24. The molecule has 0 spiro atoms. The van der Waals surface area contributed by atoms with Gasteiger partial charge in [-0.3, -0.25) is 0 Å². The molecule has 2 aromatic rings. The number of rotatable bonds is 1. The number of hydrogen-bond acceptors (Lipinski definition) is 3. The van der Waals surface area contributed by atoms with Crippen LogP contribution < -0.4 is 5.63 Å². The lowest BCUT2D eigenvalue weighted by Crippen LogP contribution is -2.06. The highest BCUT2D eigenvalue weighted by molar-refractivity contribution is 9.10. The van der Waals surface area contributed by atoms with Gasteiger partial charge in [0.25, 0.3) is 0 Å². The van der Waals surface area contributed by atoms with Gasteiger partial charge in [-0.2, -0.15) is 0 Å². The molecule has 16 heavy (non-hydrogen) atoms. The van der Waals surface area contributed by atoms with E-state index in [9.17, 15) is 9.59 Å². The van der Waals surface area contributed by atoms with Gasteiger partial charge in [0, 0.05) is 9.86 Å². The van der Waals surface area contributed by atoms with Gasteiger partial charge in [-0.15, -0.1) is 0 Å². The number of aryl methyl sites for hydroxylation is 1. The van der Waals surface area contributed by atoms with Crippen LogP contribution in [0.25, 0.3) is 10.8 Å². The van der Waals surface area contributed by atoms with Gasteiger partial charge < -0.3 is 9.52 Å². The molecule has 0 unspecified atom stereocenters. The summed E-state index contributed by atoms with van der Waals surface area (Å²) in [5.74, 6) is -1.62. The number of halogens is 1. The van der Waals surface area contributed by atoms with Crippen LogP contribution in [-0.4, -0.2) is 11.1 Å². The summed E-state index contributed by atoms with van der Waals surface area (Å²) in [5, 5.41) is 9.68. The van der Waals surface area contributed by atoms with Crippen LogP contribution in [0.15, 0.2) is 31.9 Å². The molecule has 0 aliphatic heterocycles. The van der Waals surface area contributed by atoms with Crippen LogP contribution in [0.5, 0.6) is 0 Å². The third-order valence-corrected chi connectivity index (χ3v) is 2.84. The zero-order valence-electron chi connectivity index (χ0n) is 8.28. The molecular formula is C11H7BrO4. The Balaban J connectivity index is 2.93. The molecule has 2 rings (SSSR count). The van der Waals surface area contributed by atoms with Crippen molar-refractivity contribution in [2.24, 2.45) is 0 Å². The SMILES string of the molecule is Cc1cc(Br)c2cc(C(=O)O)oc(=O)c2c1. The van der Waals surface area contributed by atoms with Crippen molar-refractivity contribution in [3.8, 4) is 0 Å². The molecule has 1 heterocycles. The van der Waals surface area contributed by atoms with Crippen LogP contribution in [0.2, 0.25) is 0 Å². The molecule has 0 saturated carbocycles. The minimum absolute atomic E-state index is 0.359. The Bertz CT molecular complexity index is 642. The second-order valence-corrected chi connectivity index (χ2v) is 4.27. The zero-order chi connectivity index (χ0) is 11.9. The van der Waals surface area contributed by atoms with Gasteiger partial charge >= 0.3 is 11.6 Å². The van der Waals surface area contributed by atoms with Gasteiger partial charge in [0.05, 0.1) is 5.39 Å². The molecule has 5 heteroatoms. The number of carbonyl (C=O) groups is 1. The molecule has 0 aliphatic rings. The van der Waals surface area contributed by atoms with E-state index in [4.69, 9.17) is 5.11 Å². The maximum absolute atomic E-state index is 11.6. The minimum Gasteiger partial charge on any atom is -0.475 e. The number of carboxylic acids is 1. The van der Waals surface area contributed by atoms with E-state index in [-0.39, 0.29) is 5.76 Å². The fourth-order valence-corrected chi connectivity index (χ4v) is 2.18. The molecule has 0 radical (unpaired) electrons. The Kier molecular flexibility index (Phi) is 2.55. The normalized spacial score (nSPS) is 10.6. The van der Waals surface area contributed by atoms with E-state index in [0.717, 1.165) is 5.56 Å². The number of fused-ring (bicyclic) bond motifs is 1. The molecule has 0 bridgehead atoms. The van der Waals surface area contributed by atoms with Gasteiger partial charge in [0.15, 0.2) is 0 Å². The molecule has 0 saturated heterocycles. The third-order valence-electron chi connectivity index (χ3n) is 2.18. The van der Waals surface area contributed by atoms with Crippen LogP contribution >= 0.6 is 15.9 Å². The van der Waals surface area contributed by atoms with Crippen molar-refractivity contribution in [2.45, 2.75) is 6.92 Å². The molecule has 1 aromatic carbocycles. The van der Waals surface area contributed by atoms with Crippen LogP contribution in [-0.2, 0) is 0 Å². The number of hydrogen-bond donors (Lipinski definition) is 1. The molecule has 0 amide bonds. The summed E-state index contributed by atoms with van der Waals surface area (Å²) in [6.07, 6.45) is 0. The van der Waals surface area contributed by atoms with E-state index in [1.165, 1.54) is 6.07 Å². The standard InChI is InChI=1S/C11H7BrO4/c1-5-2-7-6(8(12)3-5)4-9(10(13)14)16-11(7)15/h2-4H,1H3,(H,13,14). The number of benzene rings is 1. The van der Waals surface area contributed by atoms with Gasteiger partial charge in [-0.05, 0) is 30.7 Å².